The number of nitrogens with one attached hydrogen (secondary N) is 1. The number of carbonyl (C=O) groups excluding carboxylic acids is 1. The van der Waals surface area contributed by atoms with Gasteiger partial charge in [0.05, 0.1) is 11.0 Å². The number of benzene rings is 1. The second kappa shape index (κ2) is 6.78. The number of para-hydroxylation sites is 1. The first-order chi connectivity index (χ1) is 12.6. The standard InChI is InChI=1S/C20H23N5O/c1-14(2)22-17-8-5-9-21-19(17)25-12-10-24(11-13-25)18-15-6-3-4-7-16(15)23-20(18)26/h3-9,14,22H,10-13H2,1-2H3. The molecule has 1 aromatic carbocycles. The van der Waals surface area contributed by atoms with Crippen molar-refractivity contribution >= 4 is 23.1 Å². The zero-order valence-electron chi connectivity index (χ0n) is 15.1. The van der Waals surface area contributed by atoms with E-state index in [0.717, 1.165) is 54.0 Å². The fraction of sp³-hybridized carbons (Fsp3) is 0.350. The van der Waals surface area contributed by atoms with Gasteiger partial charge in [0, 0.05) is 43.6 Å². The van der Waals surface area contributed by atoms with Crippen LogP contribution in [0.25, 0.3) is 5.70 Å². The Labute approximate surface area is 152 Å². The van der Waals surface area contributed by atoms with E-state index >= 15 is 0 Å². The molecule has 6 heteroatoms. The number of anilines is 2. The van der Waals surface area contributed by atoms with Crippen LogP contribution in [0.1, 0.15) is 13.8 Å². The van der Waals surface area contributed by atoms with Gasteiger partial charge in [0.1, 0.15) is 5.70 Å². The molecule has 1 amide bonds. The molecule has 3 heterocycles. The van der Waals surface area contributed by atoms with Crippen molar-refractivity contribution in [3.63, 3.8) is 0 Å². The summed E-state index contributed by atoms with van der Waals surface area (Å²) in [4.78, 5) is 25.6. The Morgan fingerprint density at radius 2 is 1.73 bits per heavy atom. The van der Waals surface area contributed by atoms with Gasteiger partial charge in [-0.1, -0.05) is 18.2 Å². The smallest absolute Gasteiger partial charge is 0.294 e. The molecule has 134 valence electrons. The van der Waals surface area contributed by atoms with E-state index in [4.69, 9.17) is 0 Å². The van der Waals surface area contributed by atoms with Gasteiger partial charge in [0.25, 0.3) is 5.91 Å². The average molecular weight is 349 g/mol. The number of amides is 1. The van der Waals surface area contributed by atoms with E-state index in [-0.39, 0.29) is 5.91 Å². The predicted molar refractivity (Wildman–Crippen MR) is 102 cm³/mol. The maximum atomic E-state index is 12.4. The Morgan fingerprint density at radius 3 is 2.50 bits per heavy atom. The molecule has 1 saturated heterocycles. The maximum Gasteiger partial charge on any atom is 0.294 e. The molecule has 0 aliphatic carbocycles. The summed E-state index contributed by atoms with van der Waals surface area (Å²) in [5, 5.41) is 5.20. The van der Waals surface area contributed by atoms with E-state index < -0.39 is 0 Å². The number of carbonyl (C=O) groups is 1. The normalized spacial score (nSPS) is 16.7. The van der Waals surface area contributed by atoms with Crippen LogP contribution in [-0.4, -0.2) is 48.0 Å². The largest absolute Gasteiger partial charge is 0.380 e. The number of pyridine rings is 1. The van der Waals surface area contributed by atoms with E-state index in [1.165, 1.54) is 0 Å². The lowest BCUT2D eigenvalue weighted by molar-refractivity contribution is -0.113. The Balaban J connectivity index is 1.55. The summed E-state index contributed by atoms with van der Waals surface area (Å²) < 4.78 is 0. The molecule has 4 rings (SSSR count). The number of fused-ring (bicyclic) bond motifs is 1. The number of nitrogens with zero attached hydrogens (tertiary/aromatic N) is 4. The Morgan fingerprint density at radius 1 is 1.00 bits per heavy atom. The third kappa shape index (κ3) is 3.03. The minimum atomic E-state index is -0.125. The average Bonchev–Trinajstić information content (AvgIpc) is 2.98. The van der Waals surface area contributed by atoms with Crippen LogP contribution >= 0.6 is 0 Å². The second-order valence-corrected chi connectivity index (χ2v) is 6.93. The van der Waals surface area contributed by atoms with E-state index in [2.05, 4.69) is 45.0 Å². The highest BCUT2D eigenvalue weighted by Crippen LogP contribution is 2.25. The molecule has 1 N–H and O–H groups in total. The van der Waals surface area contributed by atoms with Gasteiger partial charge in [-0.25, -0.2) is 9.98 Å². The van der Waals surface area contributed by atoms with Crippen molar-refractivity contribution in [1.82, 2.24) is 9.88 Å². The third-order valence-corrected chi connectivity index (χ3v) is 4.71. The first-order valence-corrected chi connectivity index (χ1v) is 9.07. The quantitative estimate of drug-likeness (QED) is 0.892. The van der Waals surface area contributed by atoms with Crippen molar-refractivity contribution in [3.8, 4) is 0 Å². The summed E-state index contributed by atoms with van der Waals surface area (Å²) >= 11 is 0. The van der Waals surface area contributed by atoms with Crippen LogP contribution in [0.5, 0.6) is 0 Å². The van der Waals surface area contributed by atoms with E-state index in [1.807, 2.05) is 36.5 Å². The van der Waals surface area contributed by atoms with E-state index in [9.17, 15) is 4.79 Å². The van der Waals surface area contributed by atoms with Crippen molar-refractivity contribution in [2.75, 3.05) is 36.4 Å². The van der Waals surface area contributed by atoms with Crippen LogP contribution in [0.15, 0.2) is 47.6 Å². The SMILES string of the molecule is CC(C)Nc1cccnc1N1CCN(C2=c3ccccc3=NC2=O)CC1. The topological polar surface area (TPSA) is 60.8 Å². The molecule has 0 spiro atoms. The molecule has 1 fully saturated rings. The molecular formula is C20H23N5O. The van der Waals surface area contributed by atoms with Crippen LogP contribution < -0.4 is 20.8 Å². The van der Waals surface area contributed by atoms with Gasteiger partial charge >= 0.3 is 0 Å². The molecular weight excluding hydrogens is 326 g/mol. The van der Waals surface area contributed by atoms with Crippen LogP contribution in [0.2, 0.25) is 0 Å². The fourth-order valence-electron chi connectivity index (χ4n) is 3.57. The molecule has 0 saturated carbocycles. The lowest BCUT2D eigenvalue weighted by atomic mass is 10.2. The van der Waals surface area contributed by atoms with Crippen LogP contribution in [0.4, 0.5) is 11.5 Å². The molecule has 26 heavy (non-hydrogen) atoms. The van der Waals surface area contributed by atoms with Crippen molar-refractivity contribution in [2.45, 2.75) is 19.9 Å². The molecule has 0 unspecified atom stereocenters. The van der Waals surface area contributed by atoms with Crippen molar-refractivity contribution in [3.05, 3.63) is 53.2 Å². The zero-order chi connectivity index (χ0) is 18.1. The van der Waals surface area contributed by atoms with E-state index in [0.29, 0.717) is 6.04 Å². The number of piperazine rings is 1. The maximum absolute atomic E-state index is 12.4. The van der Waals surface area contributed by atoms with Crippen LogP contribution in [-0.2, 0) is 4.79 Å². The molecule has 6 nitrogen and oxygen atoms in total. The molecule has 1 aromatic heterocycles. The highest BCUT2D eigenvalue weighted by atomic mass is 16.1. The third-order valence-electron chi connectivity index (χ3n) is 4.71. The van der Waals surface area contributed by atoms with E-state index in [1.54, 1.807) is 0 Å². The van der Waals surface area contributed by atoms with Gasteiger partial charge in [-0.3, -0.25) is 4.79 Å². The summed E-state index contributed by atoms with van der Waals surface area (Å²) in [7, 11) is 0. The first-order valence-electron chi connectivity index (χ1n) is 9.07. The molecule has 0 bridgehead atoms. The van der Waals surface area contributed by atoms with Crippen molar-refractivity contribution < 1.29 is 4.79 Å². The summed E-state index contributed by atoms with van der Waals surface area (Å²) in [6.45, 7) is 7.45. The van der Waals surface area contributed by atoms with Crippen molar-refractivity contribution in [2.24, 2.45) is 4.99 Å². The highest BCUT2D eigenvalue weighted by Gasteiger charge is 2.27. The zero-order valence-corrected chi connectivity index (χ0v) is 15.1. The second-order valence-electron chi connectivity index (χ2n) is 6.93. The van der Waals surface area contributed by atoms with Crippen molar-refractivity contribution in [1.29, 1.82) is 0 Å². The number of hydrogen-bond donors (Lipinski definition) is 1. The highest BCUT2D eigenvalue weighted by molar-refractivity contribution is 6.14. The molecule has 0 atom stereocenters. The van der Waals surface area contributed by atoms with Gasteiger partial charge in [0.15, 0.2) is 5.82 Å². The van der Waals surface area contributed by atoms with Gasteiger partial charge in [0.2, 0.25) is 0 Å². The molecule has 2 aromatic rings. The Hall–Kier alpha value is -2.89. The summed E-state index contributed by atoms with van der Waals surface area (Å²) in [5.41, 5.74) is 1.79. The molecule has 2 aliphatic heterocycles. The Kier molecular flexibility index (Phi) is 4.32. The van der Waals surface area contributed by atoms with Crippen LogP contribution in [0.3, 0.4) is 0 Å². The minimum Gasteiger partial charge on any atom is -0.380 e. The fourth-order valence-corrected chi connectivity index (χ4v) is 3.57. The summed E-state index contributed by atoms with van der Waals surface area (Å²) in [6.07, 6.45) is 1.83. The predicted octanol–water partition coefficient (Wildman–Crippen LogP) is 0.992. The summed E-state index contributed by atoms with van der Waals surface area (Å²) in [6, 6.07) is 12.1. The number of hydrogen-bond acceptors (Lipinski definition) is 5. The number of aromatic nitrogens is 1. The minimum absolute atomic E-state index is 0.125. The van der Waals surface area contributed by atoms with Gasteiger partial charge in [-0.15, -0.1) is 0 Å². The van der Waals surface area contributed by atoms with Crippen LogP contribution in [0, 0.1) is 0 Å². The monoisotopic (exact) mass is 349 g/mol. The Bertz CT molecular complexity index is 945. The van der Waals surface area contributed by atoms with Gasteiger partial charge in [-0.05, 0) is 32.0 Å². The van der Waals surface area contributed by atoms with Gasteiger partial charge < -0.3 is 15.1 Å². The summed E-state index contributed by atoms with van der Waals surface area (Å²) in [5.74, 6) is 0.855. The first kappa shape index (κ1) is 16.6. The molecule has 0 radical (unpaired) electrons. The van der Waals surface area contributed by atoms with Gasteiger partial charge in [-0.2, -0.15) is 0 Å². The lowest BCUT2D eigenvalue weighted by Gasteiger charge is -2.37. The molecule has 2 aliphatic rings. The number of rotatable bonds is 4. The lowest BCUT2D eigenvalue weighted by Crippen LogP contribution is -2.48.